The highest BCUT2D eigenvalue weighted by atomic mass is 16.5. The highest BCUT2D eigenvalue weighted by Gasteiger charge is 2.55. The van der Waals surface area contributed by atoms with Gasteiger partial charge in [0.1, 0.15) is 5.76 Å². The zero-order chi connectivity index (χ0) is 23.9. The summed E-state index contributed by atoms with van der Waals surface area (Å²) in [7, 11) is 1.62. The van der Waals surface area contributed by atoms with Crippen LogP contribution in [0.1, 0.15) is 68.4 Å². The molecule has 1 N–H and O–H groups in total. The number of pyridine rings is 1. The Bertz CT molecular complexity index is 1190. The van der Waals surface area contributed by atoms with Crippen molar-refractivity contribution in [2.45, 2.75) is 69.9 Å². The Kier molecular flexibility index (Phi) is 6.06. The Morgan fingerprint density at radius 1 is 1.29 bits per heavy atom. The maximum absolute atomic E-state index is 12.8. The number of carbonyl (C=O) groups is 1. The first-order valence-corrected chi connectivity index (χ1v) is 12.3. The molecule has 1 saturated heterocycles. The molecule has 7 nitrogen and oxygen atoms in total. The van der Waals surface area contributed by atoms with Gasteiger partial charge < -0.3 is 14.4 Å². The average molecular weight is 464 g/mol. The van der Waals surface area contributed by atoms with E-state index in [0.717, 1.165) is 66.6 Å². The molecule has 3 heterocycles. The summed E-state index contributed by atoms with van der Waals surface area (Å²) >= 11 is 0. The second-order valence-corrected chi connectivity index (χ2v) is 9.82. The number of likely N-dealkylation sites (tertiary alicyclic amines) is 1. The monoisotopic (exact) mass is 463 g/mol. The van der Waals surface area contributed by atoms with E-state index in [1.54, 1.807) is 7.11 Å². The van der Waals surface area contributed by atoms with Crippen LogP contribution < -0.4 is 4.74 Å². The minimum atomic E-state index is -0.722. The molecule has 1 saturated carbocycles. The van der Waals surface area contributed by atoms with Crippen molar-refractivity contribution < 1.29 is 19.2 Å². The van der Waals surface area contributed by atoms with Gasteiger partial charge >= 0.3 is 5.97 Å². The molecule has 34 heavy (non-hydrogen) atoms. The van der Waals surface area contributed by atoms with Gasteiger partial charge in [-0.05, 0) is 57.2 Å². The number of fused-ring (bicyclic) bond motifs is 1. The number of aliphatic carboxylic acids is 1. The normalized spacial score (nSPS) is 27.4. The Morgan fingerprint density at radius 2 is 2.09 bits per heavy atom. The molecule has 2 aromatic heterocycles. The van der Waals surface area contributed by atoms with E-state index >= 15 is 0 Å². The maximum Gasteiger partial charge on any atom is 0.308 e. The molecule has 180 valence electrons. The molecule has 0 amide bonds. The van der Waals surface area contributed by atoms with Crippen molar-refractivity contribution in [1.29, 1.82) is 0 Å². The summed E-state index contributed by atoms with van der Waals surface area (Å²) in [6, 6.07) is 12.3. The molecule has 2 fully saturated rings. The molecule has 1 aliphatic heterocycles. The highest BCUT2D eigenvalue weighted by Crippen LogP contribution is 2.53. The minimum absolute atomic E-state index is 0.294. The number of hydrogen-bond donors (Lipinski definition) is 1. The molecule has 3 aromatic rings. The van der Waals surface area contributed by atoms with Gasteiger partial charge in [0.15, 0.2) is 0 Å². The van der Waals surface area contributed by atoms with Crippen LogP contribution in [0.25, 0.3) is 10.9 Å². The van der Waals surface area contributed by atoms with Crippen molar-refractivity contribution in [1.82, 2.24) is 15.0 Å². The van der Waals surface area contributed by atoms with E-state index in [1.165, 1.54) is 0 Å². The summed E-state index contributed by atoms with van der Waals surface area (Å²) < 4.78 is 11.1. The van der Waals surface area contributed by atoms with Crippen LogP contribution in [0.15, 0.2) is 40.9 Å². The maximum atomic E-state index is 12.8. The van der Waals surface area contributed by atoms with E-state index in [4.69, 9.17) is 9.26 Å². The third-order valence-electron chi connectivity index (χ3n) is 7.88. The van der Waals surface area contributed by atoms with Gasteiger partial charge in [-0.15, -0.1) is 0 Å². The van der Waals surface area contributed by atoms with Crippen LogP contribution in [-0.4, -0.2) is 45.8 Å². The molecular formula is C27H33N3O4. The summed E-state index contributed by atoms with van der Waals surface area (Å²) in [5.41, 5.74) is 2.15. The fourth-order valence-corrected chi connectivity index (χ4v) is 6.38. The van der Waals surface area contributed by atoms with E-state index in [-0.39, 0.29) is 0 Å². The number of ether oxygens (including phenoxy) is 1. The van der Waals surface area contributed by atoms with Gasteiger partial charge in [0.05, 0.1) is 29.8 Å². The minimum Gasteiger partial charge on any atom is -0.481 e. The van der Waals surface area contributed by atoms with Gasteiger partial charge in [-0.1, -0.05) is 36.7 Å². The van der Waals surface area contributed by atoms with Crippen LogP contribution in [0, 0.1) is 12.8 Å². The van der Waals surface area contributed by atoms with Crippen molar-refractivity contribution in [3.8, 4) is 5.88 Å². The molecule has 0 radical (unpaired) electrons. The van der Waals surface area contributed by atoms with E-state index in [2.05, 4.69) is 28.0 Å². The van der Waals surface area contributed by atoms with Crippen LogP contribution in [0.2, 0.25) is 0 Å². The lowest BCUT2D eigenvalue weighted by Crippen LogP contribution is -2.62. The first-order valence-electron chi connectivity index (χ1n) is 12.3. The molecule has 0 spiro atoms. The lowest BCUT2D eigenvalue weighted by molar-refractivity contribution is -0.157. The summed E-state index contributed by atoms with van der Waals surface area (Å²) in [6.45, 7) is 4.98. The Balaban J connectivity index is 1.63. The Labute approximate surface area is 200 Å². The van der Waals surface area contributed by atoms with Crippen molar-refractivity contribution >= 4 is 16.9 Å². The van der Waals surface area contributed by atoms with Crippen LogP contribution in [-0.2, 0) is 10.3 Å². The van der Waals surface area contributed by atoms with Crippen molar-refractivity contribution in [3.05, 3.63) is 53.4 Å². The molecule has 5 rings (SSSR count). The Morgan fingerprint density at radius 3 is 2.76 bits per heavy atom. The molecule has 1 aliphatic carbocycles. The predicted octanol–water partition coefficient (Wildman–Crippen LogP) is 5.28. The topological polar surface area (TPSA) is 88.7 Å². The van der Waals surface area contributed by atoms with Gasteiger partial charge in [-0.3, -0.25) is 9.69 Å². The number of aryl methyl sites for hydroxylation is 1. The molecule has 2 atom stereocenters. The second kappa shape index (κ2) is 9.02. The number of benzene rings is 1. The van der Waals surface area contributed by atoms with Crippen molar-refractivity contribution in [2.75, 3.05) is 13.7 Å². The standard InChI is InChI=1S/C27H33N3O4/c1-4-11-27(22-16-25(33-3)28-23-10-6-5-8-20(22)23)21(26(31)32)9-7-12-30(27)19-14-18(15-19)24-13-17(2)29-34-24/h5-6,8,10,13,16,18-19,21H,4,7,9,11-12,14-15H2,1-3H3,(H,31,32). The lowest BCUT2D eigenvalue weighted by Gasteiger charge is -2.57. The second-order valence-electron chi connectivity index (χ2n) is 9.82. The molecule has 7 heteroatoms. The molecule has 2 unspecified atom stereocenters. The highest BCUT2D eigenvalue weighted by molar-refractivity contribution is 5.85. The summed E-state index contributed by atoms with van der Waals surface area (Å²) in [5.74, 6) is 0.586. The quantitative estimate of drug-likeness (QED) is 0.510. The third kappa shape index (κ3) is 3.66. The van der Waals surface area contributed by atoms with Gasteiger partial charge in [-0.25, -0.2) is 4.98 Å². The molecule has 0 bridgehead atoms. The largest absolute Gasteiger partial charge is 0.481 e. The molecule has 1 aromatic carbocycles. The molecular weight excluding hydrogens is 430 g/mol. The number of nitrogens with zero attached hydrogens (tertiary/aromatic N) is 3. The van der Waals surface area contributed by atoms with Gasteiger partial charge in [0.2, 0.25) is 5.88 Å². The number of carboxylic acid groups (broad SMARTS) is 1. The predicted molar refractivity (Wildman–Crippen MR) is 129 cm³/mol. The third-order valence-corrected chi connectivity index (χ3v) is 7.88. The number of rotatable bonds is 7. The first kappa shape index (κ1) is 22.8. The van der Waals surface area contributed by atoms with Gasteiger partial charge in [0, 0.05) is 29.5 Å². The zero-order valence-electron chi connectivity index (χ0n) is 20.2. The SMILES string of the molecule is CCCC1(c2cc(OC)nc3ccccc23)C(C(=O)O)CCCN1C1CC(c2cc(C)no2)C1. The van der Waals surface area contributed by atoms with Crippen LogP contribution in [0.4, 0.5) is 0 Å². The number of hydrogen-bond acceptors (Lipinski definition) is 6. The Hall–Kier alpha value is -2.93. The number of piperidine rings is 1. The lowest BCUT2D eigenvalue weighted by atomic mass is 9.65. The number of aromatic nitrogens is 2. The summed E-state index contributed by atoms with van der Waals surface area (Å²) in [5, 5.41) is 15.6. The first-order chi connectivity index (χ1) is 16.5. The summed E-state index contributed by atoms with van der Waals surface area (Å²) in [6.07, 6.45) is 5.10. The van der Waals surface area contributed by atoms with Crippen LogP contribution in [0.5, 0.6) is 5.88 Å². The smallest absolute Gasteiger partial charge is 0.308 e. The number of carboxylic acids is 1. The van der Waals surface area contributed by atoms with Crippen LogP contribution in [0.3, 0.4) is 0 Å². The summed E-state index contributed by atoms with van der Waals surface area (Å²) in [4.78, 5) is 19.9. The zero-order valence-corrected chi connectivity index (χ0v) is 20.2. The van der Waals surface area contributed by atoms with E-state index in [0.29, 0.717) is 24.3 Å². The van der Waals surface area contributed by atoms with Gasteiger partial charge in [0.25, 0.3) is 0 Å². The van der Waals surface area contributed by atoms with Crippen molar-refractivity contribution in [2.24, 2.45) is 5.92 Å². The van der Waals surface area contributed by atoms with E-state index < -0.39 is 17.4 Å². The molecule has 2 aliphatic rings. The fraction of sp³-hybridized carbons (Fsp3) is 0.519. The number of para-hydroxylation sites is 1. The van der Waals surface area contributed by atoms with Crippen LogP contribution >= 0.6 is 0 Å². The van der Waals surface area contributed by atoms with Crippen molar-refractivity contribution in [3.63, 3.8) is 0 Å². The number of methoxy groups -OCH3 is 1. The van der Waals surface area contributed by atoms with Gasteiger partial charge in [-0.2, -0.15) is 0 Å². The fourth-order valence-electron chi connectivity index (χ4n) is 6.38. The average Bonchev–Trinajstić information content (AvgIpc) is 3.23. The van der Waals surface area contributed by atoms with E-state index in [1.807, 2.05) is 37.3 Å². The van der Waals surface area contributed by atoms with E-state index in [9.17, 15) is 9.90 Å².